The number of hydrogen-bond acceptors (Lipinski definition) is 4. The summed E-state index contributed by atoms with van der Waals surface area (Å²) in [6.45, 7) is 12.9. The maximum absolute atomic E-state index is 11.9. The van der Waals surface area contributed by atoms with E-state index in [9.17, 15) is 4.79 Å². The summed E-state index contributed by atoms with van der Waals surface area (Å²) in [5.41, 5.74) is 6.75. The molecule has 0 aliphatic carbocycles. The van der Waals surface area contributed by atoms with E-state index in [0.717, 1.165) is 24.2 Å². The lowest BCUT2D eigenvalue weighted by Gasteiger charge is -2.22. The summed E-state index contributed by atoms with van der Waals surface area (Å²) in [6, 6.07) is 7.09. The van der Waals surface area contributed by atoms with Crippen molar-refractivity contribution in [2.24, 2.45) is 11.1 Å². The quantitative estimate of drug-likeness (QED) is 0.602. The zero-order chi connectivity index (χ0) is 18.4. The Morgan fingerprint density at radius 1 is 1.08 bits per heavy atom. The summed E-state index contributed by atoms with van der Waals surface area (Å²) in [4.78, 5) is 11.9. The number of carbonyl (C=O) groups is 1. The fraction of sp³-hybridized carbons (Fsp3) is 0.650. The molecule has 4 heteroatoms. The van der Waals surface area contributed by atoms with Crippen molar-refractivity contribution in [2.75, 3.05) is 6.61 Å². The summed E-state index contributed by atoms with van der Waals surface area (Å²) in [7, 11) is 0. The zero-order valence-electron chi connectivity index (χ0n) is 16.0. The summed E-state index contributed by atoms with van der Waals surface area (Å²) >= 11 is 0. The van der Waals surface area contributed by atoms with Crippen LogP contribution in [0.1, 0.15) is 59.9 Å². The third-order valence-corrected chi connectivity index (χ3v) is 3.43. The van der Waals surface area contributed by atoms with Crippen LogP contribution in [0.5, 0.6) is 5.75 Å². The van der Waals surface area contributed by atoms with Crippen molar-refractivity contribution in [3.05, 3.63) is 29.8 Å². The number of esters is 1. The van der Waals surface area contributed by atoms with E-state index < -0.39 is 11.6 Å². The highest BCUT2D eigenvalue weighted by atomic mass is 16.6. The second kappa shape index (κ2) is 8.52. The van der Waals surface area contributed by atoms with Gasteiger partial charge < -0.3 is 15.2 Å². The Balaban J connectivity index is 2.43. The molecule has 0 amide bonds. The molecule has 0 fully saturated rings. The van der Waals surface area contributed by atoms with E-state index >= 15 is 0 Å². The Kier molecular flexibility index (Phi) is 7.27. The molecule has 136 valence electrons. The Labute approximate surface area is 146 Å². The highest BCUT2D eigenvalue weighted by Crippen LogP contribution is 2.21. The fourth-order valence-electron chi connectivity index (χ4n) is 2.23. The van der Waals surface area contributed by atoms with Gasteiger partial charge >= 0.3 is 5.97 Å². The van der Waals surface area contributed by atoms with Crippen LogP contribution in [0, 0.1) is 5.41 Å². The minimum atomic E-state index is -0.650. The van der Waals surface area contributed by atoms with Crippen molar-refractivity contribution >= 4 is 5.97 Å². The van der Waals surface area contributed by atoms with Gasteiger partial charge in [0.1, 0.15) is 17.4 Å². The standard InChI is InChI=1S/C20H33NO3/c1-19(2,3)12-7-13-23-16-10-8-15(9-11-16)14-17(21)18(22)24-20(4,5)6/h8-11,17H,7,12-14,21H2,1-6H3. The Morgan fingerprint density at radius 3 is 2.17 bits per heavy atom. The van der Waals surface area contributed by atoms with Crippen LogP contribution in [0.4, 0.5) is 0 Å². The average molecular weight is 335 g/mol. The first kappa shape index (κ1) is 20.5. The molecule has 1 aromatic rings. The highest BCUT2D eigenvalue weighted by Gasteiger charge is 2.22. The lowest BCUT2D eigenvalue weighted by atomic mass is 9.91. The Bertz CT molecular complexity index is 509. The number of benzene rings is 1. The number of carbonyl (C=O) groups excluding carboxylic acids is 1. The van der Waals surface area contributed by atoms with Crippen LogP contribution in [-0.4, -0.2) is 24.2 Å². The lowest BCUT2D eigenvalue weighted by Crippen LogP contribution is -2.38. The number of rotatable bonds is 7. The summed E-state index contributed by atoms with van der Waals surface area (Å²) in [5.74, 6) is 0.475. The van der Waals surface area contributed by atoms with E-state index in [1.165, 1.54) is 0 Å². The predicted octanol–water partition coefficient (Wildman–Crippen LogP) is 4.10. The van der Waals surface area contributed by atoms with Crippen molar-refractivity contribution in [1.82, 2.24) is 0 Å². The third kappa shape index (κ3) is 8.92. The minimum Gasteiger partial charge on any atom is -0.494 e. The third-order valence-electron chi connectivity index (χ3n) is 3.43. The van der Waals surface area contributed by atoms with Crippen LogP contribution in [-0.2, 0) is 16.0 Å². The summed E-state index contributed by atoms with van der Waals surface area (Å²) in [5, 5.41) is 0. The van der Waals surface area contributed by atoms with Crippen LogP contribution < -0.4 is 10.5 Å². The summed E-state index contributed by atoms with van der Waals surface area (Å²) in [6.07, 6.45) is 2.63. The predicted molar refractivity (Wildman–Crippen MR) is 98.2 cm³/mol. The number of ether oxygens (including phenoxy) is 2. The van der Waals surface area contributed by atoms with Gasteiger partial charge in [-0.1, -0.05) is 32.9 Å². The lowest BCUT2D eigenvalue weighted by molar-refractivity contribution is -0.156. The van der Waals surface area contributed by atoms with Crippen LogP contribution in [0.3, 0.4) is 0 Å². The molecule has 0 radical (unpaired) electrons. The Hall–Kier alpha value is -1.55. The fourth-order valence-corrected chi connectivity index (χ4v) is 2.23. The molecule has 0 aliphatic rings. The van der Waals surface area contributed by atoms with E-state index in [2.05, 4.69) is 20.8 Å². The van der Waals surface area contributed by atoms with Gasteiger partial charge in [0.2, 0.25) is 0 Å². The van der Waals surface area contributed by atoms with Gasteiger partial charge in [-0.3, -0.25) is 4.79 Å². The second-order valence-electron chi connectivity index (χ2n) is 8.50. The molecular formula is C20H33NO3. The molecule has 24 heavy (non-hydrogen) atoms. The highest BCUT2D eigenvalue weighted by molar-refractivity contribution is 5.76. The number of hydrogen-bond donors (Lipinski definition) is 1. The van der Waals surface area contributed by atoms with Crippen molar-refractivity contribution in [2.45, 2.75) is 72.4 Å². The maximum Gasteiger partial charge on any atom is 0.323 e. The minimum absolute atomic E-state index is 0.338. The molecule has 0 bridgehead atoms. The Morgan fingerprint density at radius 2 is 1.67 bits per heavy atom. The topological polar surface area (TPSA) is 61.5 Å². The van der Waals surface area contributed by atoms with Crippen LogP contribution in [0.15, 0.2) is 24.3 Å². The normalized spacial score (nSPS) is 13.5. The molecule has 0 heterocycles. The first-order valence-corrected chi connectivity index (χ1v) is 8.66. The smallest absolute Gasteiger partial charge is 0.323 e. The van der Waals surface area contributed by atoms with E-state index in [1.54, 1.807) is 0 Å². The van der Waals surface area contributed by atoms with E-state index in [0.29, 0.717) is 18.4 Å². The first-order chi connectivity index (χ1) is 11.0. The second-order valence-corrected chi connectivity index (χ2v) is 8.50. The van der Waals surface area contributed by atoms with Gasteiger partial charge in [0, 0.05) is 0 Å². The maximum atomic E-state index is 11.9. The summed E-state index contributed by atoms with van der Waals surface area (Å²) < 4.78 is 11.1. The van der Waals surface area contributed by atoms with Gasteiger partial charge in [-0.05, 0) is 63.1 Å². The van der Waals surface area contributed by atoms with Crippen molar-refractivity contribution in [3.8, 4) is 5.75 Å². The van der Waals surface area contributed by atoms with E-state index in [4.69, 9.17) is 15.2 Å². The SMILES string of the molecule is CC(C)(C)CCCOc1ccc(CC(N)C(=O)OC(C)(C)C)cc1. The molecule has 4 nitrogen and oxygen atoms in total. The van der Waals surface area contributed by atoms with Gasteiger partial charge in [-0.25, -0.2) is 0 Å². The monoisotopic (exact) mass is 335 g/mol. The van der Waals surface area contributed by atoms with Gasteiger partial charge in [0.15, 0.2) is 0 Å². The van der Waals surface area contributed by atoms with E-state index in [1.807, 2.05) is 45.0 Å². The van der Waals surface area contributed by atoms with Gasteiger partial charge in [-0.2, -0.15) is 0 Å². The molecule has 0 aromatic heterocycles. The van der Waals surface area contributed by atoms with Gasteiger partial charge in [0.05, 0.1) is 6.61 Å². The molecule has 0 saturated carbocycles. The van der Waals surface area contributed by atoms with Crippen LogP contribution in [0.2, 0.25) is 0 Å². The van der Waals surface area contributed by atoms with Crippen molar-refractivity contribution < 1.29 is 14.3 Å². The van der Waals surface area contributed by atoms with Crippen LogP contribution >= 0.6 is 0 Å². The van der Waals surface area contributed by atoms with Crippen molar-refractivity contribution in [1.29, 1.82) is 0 Å². The molecule has 1 atom stereocenters. The van der Waals surface area contributed by atoms with E-state index in [-0.39, 0.29) is 5.97 Å². The molecule has 1 unspecified atom stereocenters. The molecule has 0 spiro atoms. The number of nitrogens with two attached hydrogens (primary N) is 1. The van der Waals surface area contributed by atoms with Gasteiger partial charge in [-0.15, -0.1) is 0 Å². The molecule has 0 saturated heterocycles. The molecule has 0 aliphatic heterocycles. The molecule has 2 N–H and O–H groups in total. The first-order valence-electron chi connectivity index (χ1n) is 8.66. The van der Waals surface area contributed by atoms with Crippen LogP contribution in [0.25, 0.3) is 0 Å². The average Bonchev–Trinajstić information content (AvgIpc) is 2.42. The molecular weight excluding hydrogens is 302 g/mol. The molecule has 1 aromatic carbocycles. The van der Waals surface area contributed by atoms with Crippen molar-refractivity contribution in [3.63, 3.8) is 0 Å². The van der Waals surface area contributed by atoms with Gasteiger partial charge in [0.25, 0.3) is 0 Å². The largest absolute Gasteiger partial charge is 0.494 e. The molecule has 1 rings (SSSR count). The zero-order valence-corrected chi connectivity index (χ0v) is 16.0.